The molecule has 7 atom stereocenters. The summed E-state index contributed by atoms with van der Waals surface area (Å²) in [7, 11) is 0. The zero-order valence-corrected chi connectivity index (χ0v) is 51.7. The Balaban J connectivity index is 2.13. The number of ether oxygens (including phenoxy) is 2. The summed E-state index contributed by atoms with van der Waals surface area (Å²) < 4.78 is 11.3. The van der Waals surface area contributed by atoms with Gasteiger partial charge in [0.2, 0.25) is 5.91 Å². The van der Waals surface area contributed by atoms with Crippen LogP contribution in [-0.2, 0) is 14.3 Å². The molecule has 78 heavy (non-hydrogen) atoms. The molecule has 0 spiro atoms. The number of unbranched alkanes of at least 4 members (excludes halogenated alkanes) is 49. The molecule has 0 aromatic carbocycles. The molecule has 462 valence electrons. The van der Waals surface area contributed by atoms with E-state index in [0.29, 0.717) is 6.42 Å². The van der Waals surface area contributed by atoms with Crippen molar-refractivity contribution < 1.29 is 39.8 Å². The number of nitrogens with one attached hydrogen (secondary N) is 1. The minimum Gasteiger partial charge on any atom is -0.394 e. The third-order valence-corrected chi connectivity index (χ3v) is 16.8. The molecule has 1 rings (SSSR count). The van der Waals surface area contributed by atoms with Crippen LogP contribution >= 0.6 is 0 Å². The number of aliphatic hydroxyl groups is 5. The standard InChI is InChI=1S/C69H133NO8/c1-3-5-7-9-11-13-15-17-19-21-23-25-27-28-29-30-31-32-33-34-35-36-37-38-40-42-44-46-48-50-52-54-56-58-63(72)62(61-77-69-68(76)67(75)66(74)64(60-71)78-69)70-65(73)59-57-55-53-51-49-47-45-43-41-39-26-24-22-20-18-16-14-12-10-8-6-4-2/h48,50,56,58,62-64,66-69,71-72,74-76H,3-47,49,51-55,57,59-61H2,1-2H3,(H,70,73)/b50-48+,58-56+. The van der Waals surface area contributed by atoms with E-state index in [2.05, 4.69) is 31.3 Å². The molecule has 1 aliphatic rings. The first-order valence-corrected chi connectivity index (χ1v) is 34.6. The minimum absolute atomic E-state index is 0.179. The van der Waals surface area contributed by atoms with E-state index in [1.807, 2.05) is 6.08 Å². The molecule has 0 radical (unpaired) electrons. The number of allylic oxidation sites excluding steroid dienone is 3. The highest BCUT2D eigenvalue weighted by Gasteiger charge is 2.44. The summed E-state index contributed by atoms with van der Waals surface area (Å²) in [5, 5.41) is 54.7. The maximum absolute atomic E-state index is 13.1. The van der Waals surface area contributed by atoms with E-state index in [9.17, 15) is 30.3 Å². The van der Waals surface area contributed by atoms with Crippen molar-refractivity contribution in [2.45, 2.75) is 397 Å². The fourth-order valence-corrected chi connectivity index (χ4v) is 11.4. The number of carbonyl (C=O) groups is 1. The molecule has 1 saturated heterocycles. The first-order valence-electron chi connectivity index (χ1n) is 34.6. The monoisotopic (exact) mass is 1100 g/mol. The normalized spacial score (nSPS) is 18.7. The molecule has 0 aromatic heterocycles. The lowest BCUT2D eigenvalue weighted by Gasteiger charge is -2.40. The largest absolute Gasteiger partial charge is 0.394 e. The summed E-state index contributed by atoms with van der Waals surface area (Å²) in [5.74, 6) is -0.179. The van der Waals surface area contributed by atoms with Crippen LogP contribution in [-0.4, -0.2) is 87.5 Å². The van der Waals surface area contributed by atoms with Gasteiger partial charge in [-0.15, -0.1) is 0 Å². The van der Waals surface area contributed by atoms with Crippen molar-refractivity contribution in [3.8, 4) is 0 Å². The molecule has 0 bridgehead atoms. The summed E-state index contributed by atoms with van der Waals surface area (Å²) in [4.78, 5) is 13.1. The smallest absolute Gasteiger partial charge is 0.220 e. The van der Waals surface area contributed by atoms with Gasteiger partial charge in [-0.1, -0.05) is 340 Å². The number of hydrogen-bond donors (Lipinski definition) is 6. The van der Waals surface area contributed by atoms with Gasteiger partial charge in [0.25, 0.3) is 0 Å². The van der Waals surface area contributed by atoms with Crippen LogP contribution in [0.15, 0.2) is 24.3 Å². The average Bonchev–Trinajstić information content (AvgIpc) is 3.45. The number of hydrogen-bond acceptors (Lipinski definition) is 8. The van der Waals surface area contributed by atoms with Crippen molar-refractivity contribution in [2.24, 2.45) is 0 Å². The molecule has 0 saturated carbocycles. The second-order valence-electron chi connectivity index (χ2n) is 24.3. The third-order valence-electron chi connectivity index (χ3n) is 16.8. The molecule has 9 nitrogen and oxygen atoms in total. The van der Waals surface area contributed by atoms with Gasteiger partial charge in [0.15, 0.2) is 6.29 Å². The fraction of sp³-hybridized carbons (Fsp3) is 0.928. The Bertz CT molecular complexity index is 1280. The highest BCUT2D eigenvalue weighted by molar-refractivity contribution is 5.76. The van der Waals surface area contributed by atoms with E-state index in [1.54, 1.807) is 6.08 Å². The van der Waals surface area contributed by atoms with Gasteiger partial charge in [-0.05, 0) is 32.1 Å². The molecule has 0 aliphatic carbocycles. The Hall–Kier alpha value is -1.33. The first-order chi connectivity index (χ1) is 38.3. The molecule has 1 heterocycles. The Morgan fingerprint density at radius 3 is 1.08 bits per heavy atom. The van der Waals surface area contributed by atoms with Crippen LogP contribution in [0, 0.1) is 0 Å². The maximum Gasteiger partial charge on any atom is 0.220 e. The predicted molar refractivity (Wildman–Crippen MR) is 332 cm³/mol. The van der Waals surface area contributed by atoms with Crippen LogP contribution < -0.4 is 5.32 Å². The van der Waals surface area contributed by atoms with Crippen molar-refractivity contribution in [3.63, 3.8) is 0 Å². The van der Waals surface area contributed by atoms with Gasteiger partial charge >= 0.3 is 0 Å². The van der Waals surface area contributed by atoms with Gasteiger partial charge in [0.1, 0.15) is 24.4 Å². The van der Waals surface area contributed by atoms with Gasteiger partial charge in [-0.3, -0.25) is 4.79 Å². The molecule has 7 unspecified atom stereocenters. The second kappa shape index (κ2) is 58.9. The van der Waals surface area contributed by atoms with Crippen molar-refractivity contribution >= 4 is 5.91 Å². The highest BCUT2D eigenvalue weighted by atomic mass is 16.7. The van der Waals surface area contributed by atoms with Crippen LogP contribution in [0.1, 0.15) is 354 Å². The van der Waals surface area contributed by atoms with Crippen molar-refractivity contribution in [1.82, 2.24) is 5.32 Å². The van der Waals surface area contributed by atoms with E-state index in [0.717, 1.165) is 38.5 Å². The Kier molecular flexibility index (Phi) is 56.3. The van der Waals surface area contributed by atoms with Crippen LogP contribution in [0.25, 0.3) is 0 Å². The molecule has 9 heteroatoms. The van der Waals surface area contributed by atoms with Crippen molar-refractivity contribution in [2.75, 3.05) is 13.2 Å². The Morgan fingerprint density at radius 2 is 0.731 bits per heavy atom. The number of amides is 1. The average molecular weight is 1100 g/mol. The maximum atomic E-state index is 13.1. The minimum atomic E-state index is -1.57. The quantitative estimate of drug-likeness (QED) is 0.0261. The van der Waals surface area contributed by atoms with Crippen LogP contribution in [0.3, 0.4) is 0 Å². The molecule has 1 amide bonds. The van der Waals surface area contributed by atoms with Crippen LogP contribution in [0.5, 0.6) is 0 Å². The van der Waals surface area contributed by atoms with E-state index in [1.165, 1.54) is 295 Å². The predicted octanol–water partition coefficient (Wildman–Crippen LogP) is 18.5. The topological polar surface area (TPSA) is 149 Å². The van der Waals surface area contributed by atoms with Gasteiger partial charge in [0, 0.05) is 6.42 Å². The van der Waals surface area contributed by atoms with Crippen molar-refractivity contribution in [3.05, 3.63) is 24.3 Å². The van der Waals surface area contributed by atoms with E-state index >= 15 is 0 Å². The number of carbonyl (C=O) groups excluding carboxylic acids is 1. The molecular weight excluding hydrogens is 971 g/mol. The lowest BCUT2D eigenvalue weighted by Crippen LogP contribution is -2.60. The van der Waals surface area contributed by atoms with E-state index in [4.69, 9.17) is 9.47 Å². The fourth-order valence-electron chi connectivity index (χ4n) is 11.4. The number of aliphatic hydroxyl groups excluding tert-OH is 5. The zero-order chi connectivity index (χ0) is 56.5. The van der Waals surface area contributed by atoms with E-state index < -0.39 is 49.5 Å². The summed E-state index contributed by atoms with van der Waals surface area (Å²) in [5.41, 5.74) is 0. The van der Waals surface area contributed by atoms with Gasteiger partial charge < -0.3 is 40.3 Å². The zero-order valence-electron chi connectivity index (χ0n) is 51.7. The van der Waals surface area contributed by atoms with Crippen LogP contribution in [0.2, 0.25) is 0 Å². The molecule has 1 aliphatic heterocycles. The van der Waals surface area contributed by atoms with Gasteiger partial charge in [-0.25, -0.2) is 0 Å². The lowest BCUT2D eigenvalue weighted by molar-refractivity contribution is -0.302. The third kappa shape index (κ3) is 47.2. The van der Waals surface area contributed by atoms with Crippen LogP contribution in [0.4, 0.5) is 0 Å². The molecular formula is C69H133NO8. The Morgan fingerprint density at radius 1 is 0.423 bits per heavy atom. The number of rotatable bonds is 61. The first kappa shape index (κ1) is 74.7. The molecule has 6 N–H and O–H groups in total. The van der Waals surface area contributed by atoms with E-state index in [-0.39, 0.29) is 12.5 Å². The molecule has 1 fully saturated rings. The highest BCUT2D eigenvalue weighted by Crippen LogP contribution is 2.23. The summed E-state index contributed by atoms with van der Waals surface area (Å²) in [6.45, 7) is 3.82. The van der Waals surface area contributed by atoms with Gasteiger partial charge in [-0.2, -0.15) is 0 Å². The SMILES string of the molecule is CCCCCCCCCCCCCCCCCCCCCCCCCCCCC/C=C/CC/C=C/C(O)C(COC1OC(CO)C(O)C(O)C1O)NC(=O)CCCCCCCCCCCCCCCCCCCCCCCC. The summed E-state index contributed by atoms with van der Waals surface area (Å²) in [6, 6.07) is -0.820. The summed E-state index contributed by atoms with van der Waals surface area (Å²) >= 11 is 0. The summed E-state index contributed by atoms with van der Waals surface area (Å²) in [6.07, 6.45) is 70.1. The molecule has 0 aromatic rings. The Labute approximate surface area is 483 Å². The van der Waals surface area contributed by atoms with Gasteiger partial charge in [0.05, 0.1) is 25.4 Å². The van der Waals surface area contributed by atoms with Crippen molar-refractivity contribution in [1.29, 1.82) is 0 Å². The second-order valence-corrected chi connectivity index (χ2v) is 24.3. The lowest BCUT2D eigenvalue weighted by atomic mass is 9.99.